The number of hydrogen-bond donors (Lipinski definition) is 1. The van der Waals surface area contributed by atoms with Gasteiger partial charge in [-0.2, -0.15) is 0 Å². The number of carboxylic acid groups (broad SMARTS) is 1. The lowest BCUT2D eigenvalue weighted by atomic mass is 9.96. The summed E-state index contributed by atoms with van der Waals surface area (Å²) in [5.41, 5.74) is 0.142. The number of hydrogen-bond acceptors (Lipinski definition) is 4. The van der Waals surface area contributed by atoms with E-state index in [0.29, 0.717) is 18.6 Å². The Morgan fingerprint density at radius 3 is 2.32 bits per heavy atom. The molecule has 3 rings (SSSR count). The summed E-state index contributed by atoms with van der Waals surface area (Å²) in [6, 6.07) is 9.05. The van der Waals surface area contributed by atoms with Crippen molar-refractivity contribution in [3.8, 4) is 11.8 Å². The molecule has 1 N–H and O–H groups in total. The third kappa shape index (κ3) is 2.14. The van der Waals surface area contributed by atoms with E-state index in [2.05, 4.69) is 9.97 Å². The van der Waals surface area contributed by atoms with Gasteiger partial charge < -0.3 is 9.84 Å². The number of carboxylic acids is 1. The van der Waals surface area contributed by atoms with Crippen molar-refractivity contribution < 1.29 is 14.6 Å². The molecule has 5 heteroatoms. The Morgan fingerprint density at radius 2 is 1.79 bits per heavy atom. The van der Waals surface area contributed by atoms with Crippen LogP contribution in [0.15, 0.2) is 42.7 Å². The van der Waals surface area contributed by atoms with Gasteiger partial charge in [0.15, 0.2) is 0 Å². The number of nitrogens with zero attached hydrogens (tertiary/aromatic N) is 2. The second-order valence-corrected chi connectivity index (χ2v) is 4.55. The summed E-state index contributed by atoms with van der Waals surface area (Å²) < 4.78 is 5.46. The van der Waals surface area contributed by atoms with Gasteiger partial charge in [-0.15, -0.1) is 0 Å². The zero-order valence-corrected chi connectivity index (χ0v) is 10.1. The van der Waals surface area contributed by atoms with Gasteiger partial charge in [-0.25, -0.2) is 9.97 Å². The minimum atomic E-state index is -0.757. The average Bonchev–Trinajstić information content (AvgIpc) is 3.22. The Morgan fingerprint density at radius 1 is 1.16 bits per heavy atom. The molecule has 0 bridgehead atoms. The van der Waals surface area contributed by atoms with Crippen LogP contribution in [0.25, 0.3) is 0 Å². The molecule has 96 valence electrons. The topological polar surface area (TPSA) is 72.3 Å². The molecule has 0 amide bonds. The van der Waals surface area contributed by atoms with Gasteiger partial charge in [0.25, 0.3) is 0 Å². The van der Waals surface area contributed by atoms with Gasteiger partial charge in [-0.1, -0.05) is 12.1 Å². The molecule has 0 radical (unpaired) electrons. The summed E-state index contributed by atoms with van der Waals surface area (Å²) in [6.07, 6.45) is 4.59. The van der Waals surface area contributed by atoms with Crippen LogP contribution in [0.1, 0.15) is 18.4 Å². The van der Waals surface area contributed by atoms with Crippen LogP contribution in [0, 0.1) is 0 Å². The van der Waals surface area contributed by atoms with E-state index in [1.165, 1.54) is 0 Å². The fourth-order valence-electron chi connectivity index (χ4n) is 2.04. The Balaban J connectivity index is 1.78. The molecular weight excluding hydrogens is 244 g/mol. The minimum absolute atomic E-state index is 0.273. The van der Waals surface area contributed by atoms with E-state index in [-0.39, 0.29) is 6.01 Å². The van der Waals surface area contributed by atoms with Crippen molar-refractivity contribution in [2.45, 2.75) is 18.3 Å². The van der Waals surface area contributed by atoms with Crippen LogP contribution in [0.4, 0.5) is 0 Å². The Labute approximate surface area is 109 Å². The van der Waals surface area contributed by atoms with Gasteiger partial charge in [-0.05, 0) is 36.6 Å². The van der Waals surface area contributed by atoms with Crippen LogP contribution >= 0.6 is 0 Å². The van der Waals surface area contributed by atoms with Crippen LogP contribution < -0.4 is 4.74 Å². The van der Waals surface area contributed by atoms with Crippen molar-refractivity contribution in [3.05, 3.63) is 48.3 Å². The maximum absolute atomic E-state index is 11.2. The van der Waals surface area contributed by atoms with E-state index in [9.17, 15) is 9.90 Å². The molecule has 1 aliphatic rings. The van der Waals surface area contributed by atoms with Crippen molar-refractivity contribution in [1.82, 2.24) is 9.97 Å². The molecule has 0 saturated heterocycles. The smallest absolute Gasteiger partial charge is 0.321 e. The summed E-state index contributed by atoms with van der Waals surface area (Å²) in [5.74, 6) is -0.163. The molecule has 1 fully saturated rings. The maximum atomic E-state index is 11.2. The van der Waals surface area contributed by atoms with Crippen molar-refractivity contribution in [2.24, 2.45) is 0 Å². The predicted molar refractivity (Wildman–Crippen MR) is 67.1 cm³/mol. The molecule has 1 heterocycles. The third-order valence-corrected chi connectivity index (χ3v) is 3.32. The third-order valence-electron chi connectivity index (χ3n) is 3.32. The average molecular weight is 256 g/mol. The number of carbonyl (C=O) groups is 1. The minimum Gasteiger partial charge on any atom is -0.481 e. The number of rotatable bonds is 4. The lowest BCUT2D eigenvalue weighted by Gasteiger charge is -2.10. The van der Waals surface area contributed by atoms with Crippen molar-refractivity contribution in [3.63, 3.8) is 0 Å². The van der Waals surface area contributed by atoms with Crippen LogP contribution in [0.2, 0.25) is 0 Å². The fraction of sp³-hybridized carbons (Fsp3) is 0.214. The molecule has 5 nitrogen and oxygen atoms in total. The molecule has 0 unspecified atom stereocenters. The second-order valence-electron chi connectivity index (χ2n) is 4.55. The number of benzene rings is 1. The van der Waals surface area contributed by atoms with Crippen molar-refractivity contribution in [1.29, 1.82) is 0 Å². The highest BCUT2D eigenvalue weighted by atomic mass is 16.5. The lowest BCUT2D eigenvalue weighted by molar-refractivity contribution is -0.140. The van der Waals surface area contributed by atoms with Gasteiger partial charge in [0.2, 0.25) is 0 Å². The first kappa shape index (κ1) is 11.6. The standard InChI is InChI=1S/C14H12N2O3/c17-12(18)14(6-7-14)10-2-4-11(5-3-10)19-13-15-8-1-9-16-13/h1-5,8-9H,6-7H2,(H,17,18). The van der Waals surface area contributed by atoms with E-state index in [1.54, 1.807) is 42.7 Å². The molecule has 1 saturated carbocycles. The van der Waals surface area contributed by atoms with Gasteiger partial charge in [0.05, 0.1) is 5.41 Å². The predicted octanol–water partition coefficient (Wildman–Crippen LogP) is 2.39. The van der Waals surface area contributed by atoms with E-state index in [1.807, 2.05) is 0 Å². The molecule has 2 aromatic rings. The van der Waals surface area contributed by atoms with Crippen molar-refractivity contribution in [2.75, 3.05) is 0 Å². The first-order valence-electron chi connectivity index (χ1n) is 5.99. The normalized spacial score (nSPS) is 15.8. The number of aliphatic carboxylic acids is 1. The molecule has 1 aromatic heterocycles. The number of ether oxygens (including phenoxy) is 1. The lowest BCUT2D eigenvalue weighted by Crippen LogP contribution is -2.19. The summed E-state index contributed by atoms with van der Waals surface area (Å²) >= 11 is 0. The largest absolute Gasteiger partial charge is 0.481 e. The zero-order valence-electron chi connectivity index (χ0n) is 10.1. The summed E-state index contributed by atoms with van der Waals surface area (Å²) in [7, 11) is 0. The number of aromatic nitrogens is 2. The van der Waals surface area contributed by atoms with Gasteiger partial charge in [-0.3, -0.25) is 4.79 Å². The van der Waals surface area contributed by atoms with E-state index >= 15 is 0 Å². The molecular formula is C14H12N2O3. The van der Waals surface area contributed by atoms with E-state index < -0.39 is 11.4 Å². The maximum Gasteiger partial charge on any atom is 0.321 e. The van der Waals surface area contributed by atoms with Gasteiger partial charge in [0.1, 0.15) is 5.75 Å². The monoisotopic (exact) mass is 256 g/mol. The Kier molecular flexibility index (Phi) is 2.67. The van der Waals surface area contributed by atoms with Crippen molar-refractivity contribution >= 4 is 5.97 Å². The fourth-order valence-corrected chi connectivity index (χ4v) is 2.04. The SMILES string of the molecule is O=C(O)C1(c2ccc(Oc3ncccn3)cc2)CC1. The first-order chi connectivity index (χ1) is 9.21. The van der Waals surface area contributed by atoms with Crippen LogP contribution in [0.3, 0.4) is 0 Å². The summed E-state index contributed by atoms with van der Waals surface area (Å²) in [6.45, 7) is 0. The summed E-state index contributed by atoms with van der Waals surface area (Å²) in [5, 5.41) is 9.21. The highest BCUT2D eigenvalue weighted by molar-refractivity contribution is 5.84. The molecule has 0 aliphatic heterocycles. The Bertz CT molecular complexity index is 592. The van der Waals surface area contributed by atoms with Gasteiger partial charge in [0, 0.05) is 12.4 Å². The summed E-state index contributed by atoms with van der Waals surface area (Å²) in [4.78, 5) is 19.1. The van der Waals surface area contributed by atoms with Crippen LogP contribution in [-0.2, 0) is 10.2 Å². The first-order valence-corrected chi connectivity index (χ1v) is 5.99. The Hall–Kier alpha value is -2.43. The second kappa shape index (κ2) is 4.35. The molecule has 19 heavy (non-hydrogen) atoms. The van der Waals surface area contributed by atoms with Gasteiger partial charge >= 0.3 is 12.0 Å². The van der Waals surface area contributed by atoms with E-state index in [0.717, 1.165) is 5.56 Å². The highest BCUT2D eigenvalue weighted by Gasteiger charge is 2.51. The molecule has 1 aromatic carbocycles. The van der Waals surface area contributed by atoms with Crippen LogP contribution in [0.5, 0.6) is 11.8 Å². The molecule has 0 atom stereocenters. The van der Waals surface area contributed by atoms with Crippen LogP contribution in [-0.4, -0.2) is 21.0 Å². The highest BCUT2D eigenvalue weighted by Crippen LogP contribution is 2.48. The molecule has 0 spiro atoms. The molecule has 1 aliphatic carbocycles. The zero-order chi connectivity index (χ0) is 13.3. The van der Waals surface area contributed by atoms with E-state index in [4.69, 9.17) is 4.74 Å². The quantitative estimate of drug-likeness (QED) is 0.909.